The van der Waals surface area contributed by atoms with Crippen LogP contribution in [0.3, 0.4) is 0 Å². The van der Waals surface area contributed by atoms with Crippen LogP contribution in [0.1, 0.15) is 41.1 Å². The van der Waals surface area contributed by atoms with Crippen molar-refractivity contribution in [1.29, 1.82) is 0 Å². The van der Waals surface area contributed by atoms with Crippen molar-refractivity contribution < 1.29 is 14.6 Å². The zero-order valence-electron chi connectivity index (χ0n) is 19.0. The first-order valence-corrected chi connectivity index (χ1v) is 11.4. The number of esters is 1. The van der Waals surface area contributed by atoms with Gasteiger partial charge in [-0.15, -0.1) is 0 Å². The van der Waals surface area contributed by atoms with Crippen LogP contribution in [0.2, 0.25) is 0 Å². The summed E-state index contributed by atoms with van der Waals surface area (Å²) >= 11 is 0. The van der Waals surface area contributed by atoms with Gasteiger partial charge in [0.05, 0.1) is 7.11 Å². The lowest BCUT2D eigenvalue weighted by molar-refractivity contribution is -0.134. The van der Waals surface area contributed by atoms with Crippen LogP contribution >= 0.6 is 0 Å². The molecule has 32 heavy (non-hydrogen) atoms. The Balaban J connectivity index is 1.52. The monoisotopic (exact) mass is 432 g/mol. The van der Waals surface area contributed by atoms with E-state index in [4.69, 9.17) is 0 Å². The van der Waals surface area contributed by atoms with Gasteiger partial charge in [-0.1, -0.05) is 36.4 Å². The maximum Gasteiger partial charge on any atom is 0.330 e. The zero-order chi connectivity index (χ0) is 22.5. The molecule has 1 unspecified atom stereocenters. The average molecular weight is 433 g/mol. The van der Waals surface area contributed by atoms with Crippen LogP contribution in [0.5, 0.6) is 0 Å². The van der Waals surface area contributed by atoms with Gasteiger partial charge >= 0.3 is 5.97 Å². The van der Waals surface area contributed by atoms with Crippen molar-refractivity contribution >= 4 is 22.9 Å². The first kappa shape index (κ1) is 22.3. The largest absolute Gasteiger partial charge is 0.466 e. The van der Waals surface area contributed by atoms with E-state index in [9.17, 15) is 9.90 Å². The second kappa shape index (κ2) is 10.2. The van der Waals surface area contributed by atoms with Crippen LogP contribution in [-0.2, 0) is 29.4 Å². The summed E-state index contributed by atoms with van der Waals surface area (Å²) in [5.74, 6) is -0.341. The van der Waals surface area contributed by atoms with Gasteiger partial charge in [-0.25, -0.2) is 4.79 Å². The summed E-state index contributed by atoms with van der Waals surface area (Å²) in [6.45, 7) is 2.05. The molecule has 2 aromatic carbocycles. The molecule has 1 atom stereocenters. The van der Waals surface area contributed by atoms with Crippen LogP contribution in [0.15, 0.2) is 54.7 Å². The van der Waals surface area contributed by atoms with Crippen molar-refractivity contribution in [2.45, 2.75) is 31.7 Å². The number of aliphatic hydroxyl groups is 1. The molecule has 1 heterocycles. The Morgan fingerprint density at radius 3 is 2.91 bits per heavy atom. The lowest BCUT2D eigenvalue weighted by Crippen LogP contribution is -2.31. The molecular formula is C27H32N2O3. The molecule has 0 aliphatic heterocycles. The third kappa shape index (κ3) is 4.79. The highest BCUT2D eigenvalue weighted by molar-refractivity contribution is 5.87. The van der Waals surface area contributed by atoms with Gasteiger partial charge in [-0.2, -0.15) is 0 Å². The van der Waals surface area contributed by atoms with Crippen LogP contribution in [-0.4, -0.2) is 47.3 Å². The Kier molecular flexibility index (Phi) is 7.08. The van der Waals surface area contributed by atoms with Crippen LogP contribution in [0.4, 0.5) is 0 Å². The van der Waals surface area contributed by atoms with Gasteiger partial charge in [-0.05, 0) is 60.1 Å². The van der Waals surface area contributed by atoms with Crippen molar-refractivity contribution in [3.63, 3.8) is 0 Å². The van der Waals surface area contributed by atoms with Crippen LogP contribution in [0, 0.1) is 0 Å². The van der Waals surface area contributed by atoms with E-state index in [-0.39, 0.29) is 12.6 Å². The number of hydrogen-bond acceptors (Lipinski definition) is 4. The van der Waals surface area contributed by atoms with E-state index >= 15 is 0 Å². The zero-order valence-corrected chi connectivity index (χ0v) is 19.0. The molecule has 1 N–H and O–H groups in total. The minimum atomic E-state index is -0.341. The molecule has 0 amide bonds. The Labute approximate surface area is 189 Å². The highest BCUT2D eigenvalue weighted by Crippen LogP contribution is 2.37. The number of carbonyl (C=O) groups excluding carboxylic acids is 1. The maximum absolute atomic E-state index is 11.4. The summed E-state index contributed by atoms with van der Waals surface area (Å²) in [5, 5.41) is 10.8. The maximum atomic E-state index is 11.4. The van der Waals surface area contributed by atoms with E-state index < -0.39 is 0 Å². The lowest BCUT2D eigenvalue weighted by atomic mass is 10.0. The number of carbonyl (C=O) groups is 1. The van der Waals surface area contributed by atoms with E-state index in [2.05, 4.69) is 69.9 Å². The number of aromatic nitrogens is 1. The molecule has 5 nitrogen and oxygen atoms in total. The smallest absolute Gasteiger partial charge is 0.330 e. The van der Waals surface area contributed by atoms with Crippen LogP contribution in [0.25, 0.3) is 17.0 Å². The van der Waals surface area contributed by atoms with Gasteiger partial charge in [0, 0.05) is 56.0 Å². The molecule has 0 saturated carbocycles. The molecule has 3 aromatic rings. The highest BCUT2D eigenvalue weighted by atomic mass is 16.5. The summed E-state index contributed by atoms with van der Waals surface area (Å²) in [5.41, 5.74) is 6.38. The summed E-state index contributed by atoms with van der Waals surface area (Å²) < 4.78 is 6.89. The van der Waals surface area contributed by atoms with Gasteiger partial charge in [-0.3, -0.25) is 4.90 Å². The molecule has 4 rings (SSSR count). The van der Waals surface area contributed by atoms with Gasteiger partial charge < -0.3 is 14.4 Å². The highest BCUT2D eigenvalue weighted by Gasteiger charge is 2.27. The van der Waals surface area contributed by atoms with Gasteiger partial charge in [0.1, 0.15) is 0 Å². The number of para-hydroxylation sites is 1. The normalized spacial score (nSPS) is 15.7. The predicted octanol–water partition coefficient (Wildman–Crippen LogP) is 4.28. The fraction of sp³-hybridized carbons (Fsp3) is 0.370. The first-order valence-electron chi connectivity index (χ1n) is 11.4. The number of nitrogens with zero attached hydrogens (tertiary/aromatic N) is 2. The molecule has 1 aliphatic carbocycles. The third-order valence-electron chi connectivity index (χ3n) is 6.52. The first-order chi connectivity index (χ1) is 15.6. The molecule has 0 spiro atoms. The molecule has 1 aliphatic rings. The number of ether oxygens (including phenoxy) is 1. The molecule has 1 aromatic heterocycles. The van der Waals surface area contributed by atoms with E-state index in [1.54, 1.807) is 0 Å². The standard InChI is InChI=1S/C27H32N2O3/c1-28-19-22(23-6-3-4-7-25(23)28)14-16-29(15-5-17-30)26-12-10-21-18-20(8-11-24(21)26)9-13-27(31)32-2/h3-4,6-9,11,13,18-19,26,30H,5,10,12,14-17H2,1-2H3/b13-9+. The fourth-order valence-corrected chi connectivity index (χ4v) is 4.92. The summed E-state index contributed by atoms with van der Waals surface area (Å²) in [6, 6.07) is 15.4. The van der Waals surface area contributed by atoms with Gasteiger partial charge in [0.2, 0.25) is 0 Å². The average Bonchev–Trinajstić information content (AvgIpc) is 3.38. The molecule has 0 saturated heterocycles. The summed E-state index contributed by atoms with van der Waals surface area (Å²) in [7, 11) is 3.49. The minimum absolute atomic E-state index is 0.210. The Bertz CT molecular complexity index is 1120. The molecule has 0 radical (unpaired) electrons. The predicted molar refractivity (Wildman–Crippen MR) is 128 cm³/mol. The Hall–Kier alpha value is -2.89. The van der Waals surface area contributed by atoms with Crippen molar-refractivity contribution in [3.05, 3.63) is 77.0 Å². The van der Waals surface area contributed by atoms with E-state index in [1.807, 2.05) is 6.08 Å². The van der Waals surface area contributed by atoms with Crippen molar-refractivity contribution in [1.82, 2.24) is 9.47 Å². The topological polar surface area (TPSA) is 54.7 Å². The number of benzene rings is 2. The van der Waals surface area contributed by atoms with E-state index in [1.165, 1.54) is 40.8 Å². The molecule has 168 valence electrons. The number of fused-ring (bicyclic) bond motifs is 2. The Morgan fingerprint density at radius 2 is 2.09 bits per heavy atom. The number of hydrogen-bond donors (Lipinski definition) is 1. The second-order valence-electron chi connectivity index (χ2n) is 8.51. The summed E-state index contributed by atoms with van der Waals surface area (Å²) in [6.07, 6.45) is 9.40. The van der Waals surface area contributed by atoms with E-state index in [0.717, 1.165) is 44.3 Å². The van der Waals surface area contributed by atoms with Gasteiger partial charge in [0.15, 0.2) is 0 Å². The molecule has 5 heteroatoms. The minimum Gasteiger partial charge on any atom is -0.466 e. The number of methoxy groups -OCH3 is 1. The lowest BCUT2D eigenvalue weighted by Gasteiger charge is -2.29. The Morgan fingerprint density at radius 1 is 1.25 bits per heavy atom. The van der Waals surface area contributed by atoms with Crippen molar-refractivity contribution in [2.75, 3.05) is 26.8 Å². The third-order valence-corrected chi connectivity index (χ3v) is 6.52. The second-order valence-corrected chi connectivity index (χ2v) is 8.51. The number of aliphatic hydroxyl groups excluding tert-OH is 1. The molecule has 0 fully saturated rings. The number of aryl methyl sites for hydroxylation is 2. The van der Waals surface area contributed by atoms with Crippen molar-refractivity contribution in [2.24, 2.45) is 7.05 Å². The SMILES string of the molecule is COC(=O)/C=C/c1ccc2c(c1)CCC2N(CCCO)CCc1cn(C)c2ccccc12. The van der Waals surface area contributed by atoms with Gasteiger partial charge in [0.25, 0.3) is 0 Å². The van der Waals surface area contributed by atoms with Crippen molar-refractivity contribution in [3.8, 4) is 0 Å². The molecule has 0 bridgehead atoms. The quantitative estimate of drug-likeness (QED) is 0.405. The number of rotatable bonds is 9. The fourth-order valence-electron chi connectivity index (χ4n) is 4.92. The van der Waals surface area contributed by atoms with Crippen LogP contribution < -0.4 is 0 Å². The van der Waals surface area contributed by atoms with E-state index in [0.29, 0.717) is 6.04 Å². The molecular weight excluding hydrogens is 400 g/mol. The summed E-state index contributed by atoms with van der Waals surface area (Å²) in [4.78, 5) is 13.9.